The predicted molar refractivity (Wildman–Crippen MR) is 122 cm³/mol. The highest BCUT2D eigenvalue weighted by Crippen LogP contribution is 2.29. The second-order valence-corrected chi connectivity index (χ2v) is 7.72. The van der Waals surface area contributed by atoms with Gasteiger partial charge >= 0.3 is 0 Å². The maximum absolute atomic E-state index is 12.7. The molecule has 0 saturated carbocycles. The molecule has 0 radical (unpaired) electrons. The summed E-state index contributed by atoms with van der Waals surface area (Å²) in [5, 5.41) is 2.91. The zero-order valence-electron chi connectivity index (χ0n) is 18.2. The number of hydrogen-bond acceptors (Lipinski definition) is 4. The summed E-state index contributed by atoms with van der Waals surface area (Å²) in [4.78, 5) is 29.1. The topological polar surface area (TPSA) is 94.3 Å². The van der Waals surface area contributed by atoms with Gasteiger partial charge in [0.25, 0.3) is 11.8 Å². The van der Waals surface area contributed by atoms with E-state index in [-0.39, 0.29) is 11.8 Å². The van der Waals surface area contributed by atoms with E-state index < -0.39 is 12.0 Å². The first-order chi connectivity index (χ1) is 14.8. The lowest BCUT2D eigenvalue weighted by atomic mass is 9.96. The van der Waals surface area contributed by atoms with Crippen molar-refractivity contribution < 1.29 is 14.3 Å². The van der Waals surface area contributed by atoms with Crippen LogP contribution in [0.4, 0.5) is 5.69 Å². The van der Waals surface area contributed by atoms with Gasteiger partial charge in [0.15, 0.2) is 6.10 Å². The first-order valence-corrected chi connectivity index (χ1v) is 10.1. The van der Waals surface area contributed by atoms with Crippen molar-refractivity contribution >= 4 is 17.5 Å². The van der Waals surface area contributed by atoms with E-state index >= 15 is 0 Å². The van der Waals surface area contributed by atoms with Crippen molar-refractivity contribution in [3.63, 3.8) is 0 Å². The van der Waals surface area contributed by atoms with Crippen molar-refractivity contribution in [3.8, 4) is 11.1 Å². The maximum Gasteiger partial charge on any atom is 0.258 e. The van der Waals surface area contributed by atoms with Gasteiger partial charge in [0, 0.05) is 24.6 Å². The molecule has 0 aliphatic heterocycles. The second-order valence-electron chi connectivity index (χ2n) is 7.72. The number of pyridine rings is 1. The Morgan fingerprint density at radius 3 is 2.35 bits per heavy atom. The lowest BCUT2D eigenvalue weighted by Crippen LogP contribution is -2.22. The van der Waals surface area contributed by atoms with Gasteiger partial charge in [0.05, 0.1) is 11.3 Å². The number of hydrogen-bond donors (Lipinski definition) is 2. The molecule has 6 heteroatoms. The molecule has 1 aromatic heterocycles. The average Bonchev–Trinajstić information content (AvgIpc) is 2.74. The van der Waals surface area contributed by atoms with Gasteiger partial charge < -0.3 is 15.8 Å². The van der Waals surface area contributed by atoms with Crippen LogP contribution in [0.2, 0.25) is 0 Å². The van der Waals surface area contributed by atoms with Gasteiger partial charge in [0.1, 0.15) is 0 Å². The fraction of sp³-hybridized carbons (Fsp3) is 0.240. The quantitative estimate of drug-likeness (QED) is 0.587. The number of primary amides is 1. The van der Waals surface area contributed by atoms with Gasteiger partial charge in [-0.15, -0.1) is 0 Å². The van der Waals surface area contributed by atoms with Crippen LogP contribution in [0.1, 0.15) is 53.0 Å². The maximum atomic E-state index is 12.7. The number of amides is 2. The van der Waals surface area contributed by atoms with E-state index in [4.69, 9.17) is 10.5 Å². The van der Waals surface area contributed by atoms with Crippen LogP contribution in [0.25, 0.3) is 11.1 Å². The number of carbonyl (C=O) groups excluding carboxylic acids is 2. The van der Waals surface area contributed by atoms with Gasteiger partial charge in [-0.25, -0.2) is 0 Å². The summed E-state index contributed by atoms with van der Waals surface area (Å²) in [6.07, 6.45) is 1.05. The smallest absolute Gasteiger partial charge is 0.258 e. The lowest BCUT2D eigenvalue weighted by molar-refractivity contribution is -0.126. The molecule has 3 N–H and O–H groups in total. The van der Waals surface area contributed by atoms with Crippen molar-refractivity contribution in [2.45, 2.75) is 32.8 Å². The fourth-order valence-corrected chi connectivity index (χ4v) is 3.58. The van der Waals surface area contributed by atoms with Crippen LogP contribution in [0.5, 0.6) is 0 Å². The van der Waals surface area contributed by atoms with Crippen molar-refractivity contribution in [2.24, 2.45) is 5.73 Å². The Labute approximate surface area is 182 Å². The summed E-state index contributed by atoms with van der Waals surface area (Å²) in [5.41, 5.74) is 10.8. The van der Waals surface area contributed by atoms with Crippen molar-refractivity contribution in [3.05, 3.63) is 83.2 Å². The molecule has 0 bridgehead atoms. The van der Waals surface area contributed by atoms with E-state index in [1.807, 2.05) is 69.3 Å². The molecule has 0 aliphatic rings. The molecule has 3 aromatic rings. The Balaban J connectivity index is 1.86. The summed E-state index contributed by atoms with van der Waals surface area (Å²) >= 11 is 0. The van der Waals surface area contributed by atoms with Crippen LogP contribution in [0.3, 0.4) is 0 Å². The van der Waals surface area contributed by atoms with Crippen LogP contribution in [0.15, 0.2) is 60.8 Å². The number of methoxy groups -OCH3 is 1. The van der Waals surface area contributed by atoms with Crippen LogP contribution in [-0.2, 0) is 9.53 Å². The number of nitrogens with one attached hydrogen (secondary N) is 1. The van der Waals surface area contributed by atoms with Crippen LogP contribution in [0, 0.1) is 6.92 Å². The third-order valence-corrected chi connectivity index (χ3v) is 5.11. The molecular formula is C25H27N3O3. The second kappa shape index (κ2) is 9.53. The predicted octanol–water partition coefficient (Wildman–Crippen LogP) is 4.61. The summed E-state index contributed by atoms with van der Waals surface area (Å²) in [7, 11) is 1.51. The number of rotatable bonds is 7. The monoisotopic (exact) mass is 417 g/mol. The number of nitrogens with two attached hydrogens (primary N) is 1. The highest BCUT2D eigenvalue weighted by Gasteiger charge is 2.20. The van der Waals surface area contributed by atoms with E-state index in [0.717, 1.165) is 22.3 Å². The Bertz CT molecular complexity index is 1090. The molecule has 6 nitrogen and oxygen atoms in total. The molecule has 0 aliphatic carbocycles. The van der Waals surface area contributed by atoms with Gasteiger partial charge in [-0.1, -0.05) is 50.2 Å². The van der Waals surface area contributed by atoms with E-state index in [1.54, 1.807) is 12.3 Å². The highest BCUT2D eigenvalue weighted by atomic mass is 16.5. The third-order valence-electron chi connectivity index (χ3n) is 5.11. The standard InChI is InChI=1S/C25H27N3O3/c1-15(2)22-21(24(26)29)13-18(14-27-22)20-11-10-19(12-16(20)3)28-25(30)23(31-4)17-8-6-5-7-9-17/h5-15,23H,1-4H3,(H2,26,29)(H,28,30). The summed E-state index contributed by atoms with van der Waals surface area (Å²) in [5.74, 6) is -0.653. The Hall–Kier alpha value is -3.51. The SMILES string of the molecule is COC(C(=O)Nc1ccc(-c2cnc(C(C)C)c(C(N)=O)c2)c(C)c1)c1ccccc1. The van der Waals surface area contributed by atoms with Crippen molar-refractivity contribution in [1.29, 1.82) is 0 Å². The lowest BCUT2D eigenvalue weighted by Gasteiger charge is -2.17. The summed E-state index contributed by atoms with van der Waals surface area (Å²) in [6, 6.07) is 16.7. The van der Waals surface area contributed by atoms with Crippen molar-refractivity contribution in [2.75, 3.05) is 12.4 Å². The summed E-state index contributed by atoms with van der Waals surface area (Å²) < 4.78 is 5.40. The average molecular weight is 418 g/mol. The Morgan fingerprint density at radius 2 is 1.77 bits per heavy atom. The largest absolute Gasteiger partial charge is 0.367 e. The molecule has 160 valence electrons. The zero-order chi connectivity index (χ0) is 22.5. The van der Waals surface area contributed by atoms with E-state index in [9.17, 15) is 9.59 Å². The molecular weight excluding hydrogens is 390 g/mol. The molecule has 0 spiro atoms. The number of anilines is 1. The van der Waals surface area contributed by atoms with E-state index in [1.165, 1.54) is 7.11 Å². The number of nitrogens with zero attached hydrogens (tertiary/aromatic N) is 1. The zero-order valence-corrected chi connectivity index (χ0v) is 18.2. The van der Waals surface area contributed by atoms with Gasteiger partial charge in [0.2, 0.25) is 0 Å². The highest BCUT2D eigenvalue weighted by molar-refractivity contribution is 5.96. The van der Waals surface area contributed by atoms with Crippen LogP contribution < -0.4 is 11.1 Å². The van der Waals surface area contributed by atoms with E-state index in [0.29, 0.717) is 16.9 Å². The van der Waals surface area contributed by atoms with Crippen molar-refractivity contribution in [1.82, 2.24) is 4.98 Å². The number of benzene rings is 2. The first kappa shape index (κ1) is 22.2. The van der Waals surface area contributed by atoms with Crippen LogP contribution in [-0.4, -0.2) is 23.9 Å². The molecule has 2 aromatic carbocycles. The Morgan fingerprint density at radius 1 is 1.06 bits per heavy atom. The number of ether oxygens (including phenoxy) is 1. The normalized spacial score (nSPS) is 11.9. The summed E-state index contributed by atoms with van der Waals surface area (Å²) in [6.45, 7) is 5.88. The minimum Gasteiger partial charge on any atom is -0.367 e. The molecule has 2 amide bonds. The van der Waals surface area contributed by atoms with Gasteiger partial charge in [-0.05, 0) is 47.7 Å². The first-order valence-electron chi connectivity index (χ1n) is 10.1. The molecule has 1 unspecified atom stereocenters. The molecule has 1 atom stereocenters. The molecule has 0 saturated heterocycles. The minimum absolute atomic E-state index is 0.0913. The minimum atomic E-state index is -0.702. The van der Waals surface area contributed by atoms with E-state index in [2.05, 4.69) is 10.3 Å². The molecule has 3 rings (SSSR count). The van der Waals surface area contributed by atoms with Gasteiger partial charge in [-0.2, -0.15) is 0 Å². The fourth-order valence-electron chi connectivity index (χ4n) is 3.58. The van der Waals surface area contributed by atoms with Crippen LogP contribution >= 0.6 is 0 Å². The third kappa shape index (κ3) is 4.98. The number of aryl methyl sites for hydroxylation is 1. The number of carbonyl (C=O) groups is 2. The Kier molecular flexibility index (Phi) is 6.82. The molecule has 0 fully saturated rings. The van der Waals surface area contributed by atoms with Gasteiger partial charge in [-0.3, -0.25) is 14.6 Å². The molecule has 31 heavy (non-hydrogen) atoms. The number of aromatic nitrogens is 1. The molecule has 1 heterocycles.